The van der Waals surface area contributed by atoms with Gasteiger partial charge in [-0.15, -0.1) is 4.99 Å². The van der Waals surface area contributed by atoms with Gasteiger partial charge in [-0.05, 0) is 18.4 Å². The Morgan fingerprint density at radius 3 is 3.00 bits per heavy atom. The summed E-state index contributed by atoms with van der Waals surface area (Å²) in [5.41, 5.74) is 1.05. The quantitative estimate of drug-likeness (QED) is 0.454. The summed E-state index contributed by atoms with van der Waals surface area (Å²) in [5, 5.41) is 9.25. The zero-order chi connectivity index (χ0) is 11.8. The molecule has 0 aliphatic heterocycles. The molecule has 0 bridgehead atoms. The molecule has 1 heterocycles. The Labute approximate surface area is 100 Å². The minimum absolute atomic E-state index is 0.735. The summed E-state index contributed by atoms with van der Waals surface area (Å²) in [5.74, 6) is 0. The standard InChI is InChI=1S/C11H14N4S/c1-15(11(16-2)14-9-12)8-6-10-5-3-4-7-13-10/h3-5,7H,6,8H2,1-2H3. The first kappa shape index (κ1) is 12.5. The van der Waals surface area contributed by atoms with Gasteiger partial charge in [0.1, 0.15) is 0 Å². The molecule has 1 aromatic rings. The van der Waals surface area contributed by atoms with Crippen molar-refractivity contribution < 1.29 is 0 Å². The van der Waals surface area contributed by atoms with Crippen molar-refractivity contribution in [3.63, 3.8) is 0 Å². The van der Waals surface area contributed by atoms with E-state index in [0.717, 1.165) is 23.8 Å². The highest BCUT2D eigenvalue weighted by atomic mass is 32.2. The molecule has 0 saturated carbocycles. The van der Waals surface area contributed by atoms with Crippen molar-refractivity contribution in [1.29, 1.82) is 5.26 Å². The zero-order valence-electron chi connectivity index (χ0n) is 9.42. The first-order valence-electron chi connectivity index (χ1n) is 4.89. The summed E-state index contributed by atoms with van der Waals surface area (Å²) < 4.78 is 0. The topological polar surface area (TPSA) is 52.3 Å². The number of aliphatic imine (C=N–C) groups is 1. The van der Waals surface area contributed by atoms with Crippen LogP contribution in [0.25, 0.3) is 0 Å². The molecular formula is C11H14N4S. The number of thioether (sulfide) groups is 1. The van der Waals surface area contributed by atoms with E-state index < -0.39 is 0 Å². The van der Waals surface area contributed by atoms with Crippen LogP contribution in [0.3, 0.4) is 0 Å². The molecule has 0 unspecified atom stereocenters. The van der Waals surface area contributed by atoms with E-state index in [2.05, 4.69) is 9.98 Å². The summed E-state index contributed by atoms with van der Waals surface area (Å²) in [7, 11) is 1.93. The van der Waals surface area contributed by atoms with Gasteiger partial charge in [0, 0.05) is 31.9 Å². The molecule has 0 aliphatic rings. The molecule has 0 aliphatic carbocycles. The van der Waals surface area contributed by atoms with Crippen molar-refractivity contribution in [3.05, 3.63) is 30.1 Å². The lowest BCUT2D eigenvalue weighted by Crippen LogP contribution is -2.26. The van der Waals surface area contributed by atoms with Crippen LogP contribution in [0.1, 0.15) is 5.69 Å². The van der Waals surface area contributed by atoms with Gasteiger partial charge >= 0.3 is 0 Å². The van der Waals surface area contributed by atoms with E-state index in [1.54, 1.807) is 6.20 Å². The fraction of sp³-hybridized carbons (Fsp3) is 0.364. The molecular weight excluding hydrogens is 220 g/mol. The summed E-state index contributed by atoms with van der Waals surface area (Å²) in [4.78, 5) is 9.95. The van der Waals surface area contributed by atoms with Crippen molar-refractivity contribution in [2.24, 2.45) is 4.99 Å². The molecule has 0 fully saturated rings. The Morgan fingerprint density at radius 2 is 2.44 bits per heavy atom. The van der Waals surface area contributed by atoms with Crippen LogP contribution >= 0.6 is 11.8 Å². The average molecular weight is 234 g/mol. The molecule has 0 radical (unpaired) electrons. The van der Waals surface area contributed by atoms with Gasteiger partial charge in [-0.2, -0.15) is 5.26 Å². The largest absolute Gasteiger partial charge is 0.353 e. The number of pyridine rings is 1. The van der Waals surface area contributed by atoms with Crippen molar-refractivity contribution in [2.75, 3.05) is 19.8 Å². The number of nitriles is 1. The van der Waals surface area contributed by atoms with Gasteiger partial charge < -0.3 is 4.90 Å². The maximum Gasteiger partial charge on any atom is 0.208 e. The molecule has 0 spiro atoms. The molecule has 0 amide bonds. The number of hydrogen-bond donors (Lipinski definition) is 0. The van der Waals surface area contributed by atoms with E-state index >= 15 is 0 Å². The predicted molar refractivity (Wildman–Crippen MR) is 67.1 cm³/mol. The third-order valence-electron chi connectivity index (χ3n) is 2.08. The van der Waals surface area contributed by atoms with Gasteiger partial charge in [0.25, 0.3) is 0 Å². The van der Waals surface area contributed by atoms with Gasteiger partial charge in [0.2, 0.25) is 6.19 Å². The number of amidine groups is 1. The molecule has 0 saturated heterocycles. The lowest BCUT2D eigenvalue weighted by atomic mass is 10.2. The molecule has 4 nitrogen and oxygen atoms in total. The van der Waals surface area contributed by atoms with Crippen molar-refractivity contribution in [1.82, 2.24) is 9.88 Å². The fourth-order valence-electron chi connectivity index (χ4n) is 1.25. The Kier molecular flexibility index (Phi) is 5.37. The van der Waals surface area contributed by atoms with Crippen LogP contribution in [-0.4, -0.2) is 34.9 Å². The molecule has 0 aromatic carbocycles. The monoisotopic (exact) mass is 234 g/mol. The molecule has 1 aromatic heterocycles. The number of rotatable bonds is 3. The first-order chi connectivity index (χ1) is 7.77. The normalized spacial score (nSPS) is 10.9. The second-order valence-electron chi connectivity index (χ2n) is 3.19. The second-order valence-corrected chi connectivity index (χ2v) is 3.96. The van der Waals surface area contributed by atoms with Crippen LogP contribution in [0.5, 0.6) is 0 Å². The Hall–Kier alpha value is -1.54. The zero-order valence-corrected chi connectivity index (χ0v) is 10.2. The highest BCUT2D eigenvalue weighted by Gasteiger charge is 2.05. The van der Waals surface area contributed by atoms with Crippen LogP contribution in [0.15, 0.2) is 29.4 Å². The van der Waals surface area contributed by atoms with Gasteiger partial charge in [0.15, 0.2) is 5.17 Å². The van der Waals surface area contributed by atoms with Gasteiger partial charge in [-0.3, -0.25) is 4.98 Å². The summed E-state index contributed by atoms with van der Waals surface area (Å²) in [6.07, 6.45) is 6.35. The number of aromatic nitrogens is 1. The van der Waals surface area contributed by atoms with Crippen molar-refractivity contribution >= 4 is 16.9 Å². The second kappa shape index (κ2) is 6.85. The molecule has 84 valence electrons. The van der Waals surface area contributed by atoms with E-state index in [4.69, 9.17) is 5.26 Å². The maximum atomic E-state index is 8.51. The third kappa shape index (κ3) is 3.91. The van der Waals surface area contributed by atoms with Crippen LogP contribution in [0.2, 0.25) is 0 Å². The summed E-state index contributed by atoms with van der Waals surface area (Å²) in [6, 6.07) is 5.87. The van der Waals surface area contributed by atoms with Crippen LogP contribution < -0.4 is 0 Å². The van der Waals surface area contributed by atoms with E-state index in [9.17, 15) is 0 Å². The molecule has 5 heteroatoms. The smallest absolute Gasteiger partial charge is 0.208 e. The van der Waals surface area contributed by atoms with Gasteiger partial charge in [0.05, 0.1) is 0 Å². The number of likely N-dealkylation sites (N-methyl/N-ethyl adjacent to an activating group) is 1. The summed E-state index contributed by atoms with van der Waals surface area (Å²) in [6.45, 7) is 0.804. The lowest BCUT2D eigenvalue weighted by Gasteiger charge is -2.18. The Morgan fingerprint density at radius 1 is 1.62 bits per heavy atom. The average Bonchev–Trinajstić information content (AvgIpc) is 2.34. The van der Waals surface area contributed by atoms with Gasteiger partial charge in [-0.25, -0.2) is 0 Å². The SMILES string of the molecule is CSC(=NC#N)N(C)CCc1ccccn1. The van der Waals surface area contributed by atoms with Gasteiger partial charge in [-0.1, -0.05) is 17.8 Å². The lowest BCUT2D eigenvalue weighted by molar-refractivity contribution is 0.515. The number of nitrogens with zero attached hydrogens (tertiary/aromatic N) is 4. The van der Waals surface area contributed by atoms with Crippen molar-refractivity contribution in [3.8, 4) is 6.19 Å². The first-order valence-corrected chi connectivity index (χ1v) is 6.12. The highest BCUT2D eigenvalue weighted by Crippen LogP contribution is 2.04. The fourth-order valence-corrected chi connectivity index (χ4v) is 1.79. The molecule has 0 N–H and O–H groups in total. The predicted octanol–water partition coefficient (Wildman–Crippen LogP) is 1.76. The van der Waals surface area contributed by atoms with E-state index in [0.29, 0.717) is 0 Å². The van der Waals surface area contributed by atoms with Crippen LogP contribution in [-0.2, 0) is 6.42 Å². The summed E-state index contributed by atoms with van der Waals surface area (Å²) >= 11 is 1.47. The van der Waals surface area contributed by atoms with E-state index in [1.807, 2.05) is 42.6 Å². The van der Waals surface area contributed by atoms with Crippen molar-refractivity contribution in [2.45, 2.75) is 6.42 Å². The molecule has 16 heavy (non-hydrogen) atoms. The maximum absolute atomic E-state index is 8.51. The van der Waals surface area contributed by atoms with E-state index in [1.165, 1.54) is 11.8 Å². The molecule has 0 atom stereocenters. The molecule has 1 rings (SSSR count). The van der Waals surface area contributed by atoms with Crippen LogP contribution in [0, 0.1) is 11.5 Å². The Balaban J connectivity index is 2.50. The Bertz CT molecular complexity index is 383. The highest BCUT2D eigenvalue weighted by molar-refractivity contribution is 8.13. The third-order valence-corrected chi connectivity index (χ3v) is 2.85. The minimum Gasteiger partial charge on any atom is -0.353 e. The number of hydrogen-bond acceptors (Lipinski definition) is 4. The minimum atomic E-state index is 0.735. The van der Waals surface area contributed by atoms with E-state index in [-0.39, 0.29) is 0 Å². The van der Waals surface area contributed by atoms with Crippen LogP contribution in [0.4, 0.5) is 0 Å².